The van der Waals surface area contributed by atoms with Crippen molar-refractivity contribution in [1.29, 1.82) is 0 Å². The number of fused-ring (bicyclic) bond motifs is 1. The molecule has 1 heterocycles. The lowest BCUT2D eigenvalue weighted by Gasteiger charge is -2.23. The molecule has 110 valence electrons. The zero-order valence-corrected chi connectivity index (χ0v) is 12.4. The van der Waals surface area contributed by atoms with E-state index in [1.165, 1.54) is 17.7 Å². The van der Waals surface area contributed by atoms with Crippen molar-refractivity contribution in [3.8, 4) is 5.75 Å². The lowest BCUT2D eigenvalue weighted by molar-refractivity contribution is 0.294. The summed E-state index contributed by atoms with van der Waals surface area (Å²) in [5, 5.41) is 3.26. The number of hydrogen-bond acceptors (Lipinski definition) is 4. The fraction of sp³-hybridized carbons (Fsp3) is 0.412. The molecular formula is C17H21N3O. The summed E-state index contributed by atoms with van der Waals surface area (Å²) in [7, 11) is 2.01. The predicted octanol–water partition coefficient (Wildman–Crippen LogP) is 2.38. The van der Waals surface area contributed by atoms with Gasteiger partial charge < -0.3 is 10.1 Å². The van der Waals surface area contributed by atoms with Crippen molar-refractivity contribution in [1.82, 2.24) is 15.3 Å². The van der Waals surface area contributed by atoms with Crippen LogP contribution in [0.4, 0.5) is 0 Å². The molecular weight excluding hydrogens is 262 g/mol. The maximum Gasteiger partial charge on any atom is 0.166 e. The van der Waals surface area contributed by atoms with Gasteiger partial charge in [0.1, 0.15) is 12.4 Å². The molecule has 1 atom stereocenters. The van der Waals surface area contributed by atoms with Gasteiger partial charge in [-0.25, -0.2) is 9.97 Å². The van der Waals surface area contributed by atoms with E-state index >= 15 is 0 Å². The van der Waals surface area contributed by atoms with Crippen molar-refractivity contribution in [3.05, 3.63) is 53.6 Å². The molecule has 0 spiro atoms. The Balaban J connectivity index is 1.64. The van der Waals surface area contributed by atoms with Crippen LogP contribution in [-0.2, 0) is 19.4 Å². The molecule has 2 aromatic rings. The summed E-state index contributed by atoms with van der Waals surface area (Å²) < 4.78 is 5.71. The largest absolute Gasteiger partial charge is 0.486 e. The molecule has 1 aliphatic carbocycles. The van der Waals surface area contributed by atoms with E-state index < -0.39 is 0 Å². The summed E-state index contributed by atoms with van der Waals surface area (Å²) >= 11 is 0. The standard InChI is InChI=1S/C17H21N3O/c1-18-10-13-7-8-16-14(9-13)11-19-17(20-16)12-21-15-5-3-2-4-6-15/h2-6,11,13,18H,7-10,12H2,1H3. The second-order valence-corrected chi connectivity index (χ2v) is 5.53. The molecule has 0 fully saturated rings. The summed E-state index contributed by atoms with van der Waals surface area (Å²) in [5.74, 6) is 2.33. The monoisotopic (exact) mass is 283 g/mol. The lowest BCUT2D eigenvalue weighted by atomic mass is 9.87. The van der Waals surface area contributed by atoms with Crippen molar-refractivity contribution in [2.24, 2.45) is 5.92 Å². The Kier molecular flexibility index (Phi) is 4.46. The normalized spacial score (nSPS) is 17.3. The molecule has 4 nitrogen and oxygen atoms in total. The van der Waals surface area contributed by atoms with Crippen molar-refractivity contribution in [3.63, 3.8) is 0 Å². The highest BCUT2D eigenvalue weighted by Gasteiger charge is 2.19. The molecule has 1 aromatic heterocycles. The molecule has 0 saturated heterocycles. The highest BCUT2D eigenvalue weighted by Crippen LogP contribution is 2.23. The fourth-order valence-electron chi connectivity index (χ4n) is 2.82. The van der Waals surface area contributed by atoms with Gasteiger partial charge in [0.2, 0.25) is 0 Å². The highest BCUT2D eigenvalue weighted by molar-refractivity contribution is 5.23. The van der Waals surface area contributed by atoms with Gasteiger partial charge in [-0.3, -0.25) is 0 Å². The summed E-state index contributed by atoms with van der Waals surface area (Å²) in [5.41, 5.74) is 2.49. The SMILES string of the molecule is CNCC1CCc2nc(COc3ccccc3)ncc2C1. The molecule has 21 heavy (non-hydrogen) atoms. The van der Waals surface area contributed by atoms with Crippen molar-refractivity contribution < 1.29 is 4.74 Å². The summed E-state index contributed by atoms with van der Waals surface area (Å²) in [6.07, 6.45) is 5.30. The smallest absolute Gasteiger partial charge is 0.166 e. The maximum absolute atomic E-state index is 5.71. The minimum absolute atomic E-state index is 0.428. The summed E-state index contributed by atoms with van der Waals surface area (Å²) in [6.45, 7) is 1.50. The number of nitrogens with zero attached hydrogens (tertiary/aromatic N) is 2. The van der Waals surface area contributed by atoms with Gasteiger partial charge in [-0.05, 0) is 56.5 Å². The van der Waals surface area contributed by atoms with Crippen LogP contribution in [0.2, 0.25) is 0 Å². The molecule has 0 radical (unpaired) electrons. The molecule has 1 N–H and O–H groups in total. The average Bonchev–Trinajstić information content (AvgIpc) is 2.54. The van der Waals surface area contributed by atoms with Gasteiger partial charge in [-0.15, -0.1) is 0 Å². The third-order valence-electron chi connectivity index (χ3n) is 3.91. The van der Waals surface area contributed by atoms with Crippen LogP contribution in [0, 0.1) is 5.92 Å². The zero-order chi connectivity index (χ0) is 14.5. The fourth-order valence-corrected chi connectivity index (χ4v) is 2.82. The third kappa shape index (κ3) is 3.58. The number of para-hydroxylation sites is 1. The predicted molar refractivity (Wildman–Crippen MR) is 82.2 cm³/mol. The number of ether oxygens (including phenoxy) is 1. The zero-order valence-electron chi connectivity index (χ0n) is 12.4. The van der Waals surface area contributed by atoms with Crippen molar-refractivity contribution in [2.75, 3.05) is 13.6 Å². The van der Waals surface area contributed by atoms with Gasteiger partial charge >= 0.3 is 0 Å². The molecule has 0 saturated carbocycles. The van der Waals surface area contributed by atoms with E-state index in [9.17, 15) is 0 Å². The Bertz CT molecular complexity index is 586. The Labute approximate surface area is 125 Å². The molecule has 1 unspecified atom stereocenters. The summed E-state index contributed by atoms with van der Waals surface area (Å²) in [4.78, 5) is 9.11. The molecule has 0 amide bonds. The molecule has 4 heteroatoms. The topological polar surface area (TPSA) is 47.0 Å². The van der Waals surface area contributed by atoms with Gasteiger partial charge in [0.05, 0.1) is 0 Å². The first-order valence-electron chi connectivity index (χ1n) is 7.51. The first-order chi connectivity index (χ1) is 10.3. The third-order valence-corrected chi connectivity index (χ3v) is 3.91. The average molecular weight is 283 g/mol. The van der Waals surface area contributed by atoms with E-state index in [0.29, 0.717) is 12.5 Å². The van der Waals surface area contributed by atoms with Gasteiger partial charge in [-0.2, -0.15) is 0 Å². The van der Waals surface area contributed by atoms with Crippen molar-refractivity contribution >= 4 is 0 Å². The first kappa shape index (κ1) is 14.0. The summed E-state index contributed by atoms with van der Waals surface area (Å²) in [6, 6.07) is 9.79. The minimum Gasteiger partial charge on any atom is -0.486 e. The van der Waals surface area contributed by atoms with E-state index in [2.05, 4.69) is 15.3 Å². The van der Waals surface area contributed by atoms with Gasteiger partial charge in [0.15, 0.2) is 5.82 Å². The Hall–Kier alpha value is -1.94. The second-order valence-electron chi connectivity index (χ2n) is 5.53. The van der Waals surface area contributed by atoms with Gasteiger partial charge in [0.25, 0.3) is 0 Å². The van der Waals surface area contributed by atoms with Crippen LogP contribution in [0.15, 0.2) is 36.5 Å². The molecule has 0 bridgehead atoms. The highest BCUT2D eigenvalue weighted by atomic mass is 16.5. The van der Waals surface area contributed by atoms with Crippen LogP contribution in [-0.4, -0.2) is 23.6 Å². The number of aryl methyl sites for hydroxylation is 1. The van der Waals surface area contributed by atoms with E-state index in [-0.39, 0.29) is 0 Å². The number of hydrogen-bond donors (Lipinski definition) is 1. The quantitative estimate of drug-likeness (QED) is 0.915. The van der Waals surface area contributed by atoms with Crippen LogP contribution in [0.3, 0.4) is 0 Å². The van der Waals surface area contributed by atoms with Crippen molar-refractivity contribution in [2.45, 2.75) is 25.9 Å². The van der Waals surface area contributed by atoms with Crippen LogP contribution < -0.4 is 10.1 Å². The van der Waals surface area contributed by atoms with E-state index in [1.54, 1.807) is 0 Å². The molecule has 0 aliphatic heterocycles. The van der Waals surface area contributed by atoms with Gasteiger partial charge in [0, 0.05) is 11.9 Å². The molecule has 3 rings (SSSR count). The lowest BCUT2D eigenvalue weighted by Crippen LogP contribution is -2.25. The maximum atomic E-state index is 5.71. The van der Waals surface area contributed by atoms with Gasteiger partial charge in [-0.1, -0.05) is 18.2 Å². The Morgan fingerprint density at radius 1 is 1.29 bits per heavy atom. The number of rotatable bonds is 5. The number of benzene rings is 1. The molecule has 1 aromatic carbocycles. The minimum atomic E-state index is 0.428. The molecule has 1 aliphatic rings. The van der Waals surface area contributed by atoms with E-state index in [4.69, 9.17) is 4.74 Å². The Morgan fingerprint density at radius 3 is 2.95 bits per heavy atom. The Morgan fingerprint density at radius 2 is 2.14 bits per heavy atom. The number of aromatic nitrogens is 2. The van der Waals surface area contributed by atoms with Crippen LogP contribution >= 0.6 is 0 Å². The first-order valence-corrected chi connectivity index (χ1v) is 7.51. The van der Waals surface area contributed by atoms with E-state index in [1.807, 2.05) is 43.6 Å². The van der Waals surface area contributed by atoms with Crippen LogP contribution in [0.5, 0.6) is 5.75 Å². The van der Waals surface area contributed by atoms with Crippen LogP contribution in [0.25, 0.3) is 0 Å². The van der Waals surface area contributed by atoms with Crippen LogP contribution in [0.1, 0.15) is 23.5 Å². The number of nitrogens with one attached hydrogen (secondary N) is 1. The van der Waals surface area contributed by atoms with E-state index in [0.717, 1.165) is 31.0 Å². The second kappa shape index (κ2) is 6.68.